The van der Waals surface area contributed by atoms with Crippen LogP contribution in [0.3, 0.4) is 0 Å². The van der Waals surface area contributed by atoms with Gasteiger partial charge in [0.2, 0.25) is 12.3 Å². The highest BCUT2D eigenvalue weighted by molar-refractivity contribution is 5.85. The van der Waals surface area contributed by atoms with E-state index in [2.05, 4.69) is 10.2 Å². The predicted octanol–water partition coefficient (Wildman–Crippen LogP) is -1.03. The third-order valence-corrected chi connectivity index (χ3v) is 4.18. The van der Waals surface area contributed by atoms with E-state index in [4.69, 9.17) is 0 Å². The van der Waals surface area contributed by atoms with Crippen LogP contribution < -0.4 is 5.32 Å². The summed E-state index contributed by atoms with van der Waals surface area (Å²) in [5.74, 6) is 0.181. The van der Waals surface area contributed by atoms with Gasteiger partial charge in [-0.25, -0.2) is 0 Å². The molecule has 2 amide bonds. The van der Waals surface area contributed by atoms with E-state index in [1.165, 1.54) is 0 Å². The number of carbonyl (C=O) groups is 2. The first-order valence-corrected chi connectivity index (χ1v) is 7.00. The summed E-state index contributed by atoms with van der Waals surface area (Å²) >= 11 is 0. The average molecular weight is 268 g/mol. The van der Waals surface area contributed by atoms with Crippen molar-refractivity contribution in [2.45, 2.75) is 19.4 Å². The summed E-state index contributed by atoms with van der Waals surface area (Å²) in [5.41, 5.74) is -0.453. The molecule has 0 aliphatic carbocycles. The zero-order valence-corrected chi connectivity index (χ0v) is 11.9. The second-order valence-corrected chi connectivity index (χ2v) is 5.73. The van der Waals surface area contributed by atoms with Gasteiger partial charge >= 0.3 is 0 Å². The smallest absolute Gasteiger partial charge is 0.242 e. The monoisotopic (exact) mass is 268 g/mol. The van der Waals surface area contributed by atoms with Crippen molar-refractivity contribution < 1.29 is 9.59 Å². The Labute approximate surface area is 114 Å². The van der Waals surface area contributed by atoms with Crippen LogP contribution in [-0.4, -0.2) is 84.9 Å². The molecule has 0 aromatic carbocycles. The second-order valence-electron chi connectivity index (χ2n) is 5.73. The highest BCUT2D eigenvalue weighted by Gasteiger charge is 2.38. The normalized spacial score (nSPS) is 22.4. The molecular weight excluding hydrogens is 244 g/mol. The van der Waals surface area contributed by atoms with Gasteiger partial charge < -0.3 is 15.1 Å². The number of carbonyl (C=O) groups excluding carboxylic acids is 2. The molecule has 1 N–H and O–H groups in total. The van der Waals surface area contributed by atoms with Crippen molar-refractivity contribution in [2.75, 3.05) is 52.4 Å². The first-order chi connectivity index (χ1) is 9.05. The number of rotatable bonds is 3. The largest absolute Gasteiger partial charge is 0.342 e. The number of hydrogen-bond donors (Lipinski definition) is 1. The van der Waals surface area contributed by atoms with Gasteiger partial charge in [-0.2, -0.15) is 0 Å². The molecule has 0 saturated carbocycles. The third kappa shape index (κ3) is 3.06. The van der Waals surface area contributed by atoms with Gasteiger partial charge in [-0.3, -0.25) is 14.5 Å². The highest BCUT2D eigenvalue weighted by Crippen LogP contribution is 2.19. The van der Waals surface area contributed by atoms with E-state index < -0.39 is 5.54 Å². The zero-order chi connectivity index (χ0) is 13.9. The molecule has 0 atom stereocenters. The summed E-state index contributed by atoms with van der Waals surface area (Å²) in [6.45, 7) is 10.3. The van der Waals surface area contributed by atoms with Crippen LogP contribution >= 0.6 is 0 Å². The van der Waals surface area contributed by atoms with Crippen LogP contribution in [0.15, 0.2) is 0 Å². The molecule has 0 spiro atoms. The lowest BCUT2D eigenvalue weighted by molar-refractivity contribution is -0.146. The number of piperazine rings is 2. The molecule has 2 heterocycles. The Balaban J connectivity index is 1.95. The minimum atomic E-state index is -0.453. The summed E-state index contributed by atoms with van der Waals surface area (Å²) in [7, 11) is 0. The Hall–Kier alpha value is -1.14. The molecule has 0 bridgehead atoms. The Morgan fingerprint density at radius 3 is 2.16 bits per heavy atom. The van der Waals surface area contributed by atoms with E-state index in [0.29, 0.717) is 26.2 Å². The molecule has 19 heavy (non-hydrogen) atoms. The molecule has 2 aliphatic heterocycles. The van der Waals surface area contributed by atoms with Gasteiger partial charge in [0, 0.05) is 52.4 Å². The van der Waals surface area contributed by atoms with Crippen LogP contribution in [0.4, 0.5) is 0 Å². The Kier molecular flexibility index (Phi) is 4.42. The molecule has 6 heteroatoms. The van der Waals surface area contributed by atoms with Crippen LogP contribution in [0.2, 0.25) is 0 Å². The first kappa shape index (κ1) is 14.3. The van der Waals surface area contributed by atoms with Gasteiger partial charge in [0.15, 0.2) is 0 Å². The van der Waals surface area contributed by atoms with Crippen molar-refractivity contribution in [1.82, 2.24) is 20.0 Å². The molecular formula is C13H24N4O2. The van der Waals surface area contributed by atoms with Crippen LogP contribution in [0.5, 0.6) is 0 Å². The van der Waals surface area contributed by atoms with Gasteiger partial charge in [0.1, 0.15) is 0 Å². The number of amides is 2. The summed E-state index contributed by atoms with van der Waals surface area (Å²) in [6.07, 6.45) is 0.864. The highest BCUT2D eigenvalue weighted by atomic mass is 16.2. The maximum Gasteiger partial charge on any atom is 0.242 e. The number of nitrogens with one attached hydrogen (secondary N) is 1. The number of nitrogens with zero attached hydrogens (tertiary/aromatic N) is 3. The molecule has 0 unspecified atom stereocenters. The topological polar surface area (TPSA) is 55.9 Å². The van der Waals surface area contributed by atoms with Crippen molar-refractivity contribution in [2.24, 2.45) is 0 Å². The maximum absolute atomic E-state index is 12.7. The van der Waals surface area contributed by atoms with E-state index >= 15 is 0 Å². The van der Waals surface area contributed by atoms with Gasteiger partial charge in [0.05, 0.1) is 5.54 Å². The molecule has 2 saturated heterocycles. The van der Waals surface area contributed by atoms with Crippen LogP contribution in [0, 0.1) is 0 Å². The summed E-state index contributed by atoms with van der Waals surface area (Å²) in [5, 5.41) is 3.31. The Bertz CT molecular complexity index is 332. The van der Waals surface area contributed by atoms with E-state index in [0.717, 1.165) is 32.6 Å². The standard InChI is InChI=1S/C13H24N4O2/c1-13(2,17-5-3-14-4-6-17)12(19)16-9-7-15(11-18)8-10-16/h11,14H,3-10H2,1-2H3. The van der Waals surface area contributed by atoms with E-state index in [1.807, 2.05) is 18.7 Å². The fourth-order valence-corrected chi connectivity index (χ4v) is 2.78. The average Bonchev–Trinajstić information content (AvgIpc) is 2.47. The first-order valence-electron chi connectivity index (χ1n) is 7.00. The van der Waals surface area contributed by atoms with Gasteiger partial charge in [-0.15, -0.1) is 0 Å². The molecule has 2 rings (SSSR count). The lowest BCUT2D eigenvalue weighted by Gasteiger charge is -2.44. The van der Waals surface area contributed by atoms with Crippen molar-refractivity contribution in [1.29, 1.82) is 0 Å². The minimum Gasteiger partial charge on any atom is -0.342 e. The van der Waals surface area contributed by atoms with Crippen molar-refractivity contribution >= 4 is 12.3 Å². The fourth-order valence-electron chi connectivity index (χ4n) is 2.78. The van der Waals surface area contributed by atoms with Crippen molar-refractivity contribution in [3.8, 4) is 0 Å². The summed E-state index contributed by atoms with van der Waals surface area (Å²) in [4.78, 5) is 29.2. The fraction of sp³-hybridized carbons (Fsp3) is 0.846. The predicted molar refractivity (Wildman–Crippen MR) is 72.7 cm³/mol. The molecule has 0 aromatic heterocycles. The van der Waals surface area contributed by atoms with E-state index in [9.17, 15) is 9.59 Å². The van der Waals surface area contributed by atoms with Gasteiger partial charge in [-0.1, -0.05) is 0 Å². The Morgan fingerprint density at radius 1 is 1.05 bits per heavy atom. The SMILES string of the molecule is CC(C)(C(=O)N1CCN(C=O)CC1)N1CCNCC1. The third-order valence-electron chi connectivity index (χ3n) is 4.18. The van der Waals surface area contributed by atoms with Crippen molar-refractivity contribution in [3.05, 3.63) is 0 Å². The van der Waals surface area contributed by atoms with E-state index in [1.54, 1.807) is 4.90 Å². The van der Waals surface area contributed by atoms with Crippen LogP contribution in [0.25, 0.3) is 0 Å². The number of hydrogen-bond acceptors (Lipinski definition) is 4. The molecule has 2 aliphatic rings. The van der Waals surface area contributed by atoms with Gasteiger partial charge in [0.25, 0.3) is 0 Å². The lowest BCUT2D eigenvalue weighted by Crippen LogP contribution is -2.62. The van der Waals surface area contributed by atoms with E-state index in [-0.39, 0.29) is 5.91 Å². The Morgan fingerprint density at radius 2 is 1.63 bits per heavy atom. The van der Waals surface area contributed by atoms with Crippen LogP contribution in [0.1, 0.15) is 13.8 Å². The molecule has 0 radical (unpaired) electrons. The summed E-state index contributed by atoms with van der Waals surface area (Å²) < 4.78 is 0. The second kappa shape index (κ2) is 5.88. The quantitative estimate of drug-likeness (QED) is 0.665. The molecule has 108 valence electrons. The molecule has 6 nitrogen and oxygen atoms in total. The van der Waals surface area contributed by atoms with Crippen molar-refractivity contribution in [3.63, 3.8) is 0 Å². The zero-order valence-electron chi connectivity index (χ0n) is 11.9. The molecule has 0 aromatic rings. The minimum absolute atomic E-state index is 0.181. The summed E-state index contributed by atoms with van der Waals surface area (Å²) in [6, 6.07) is 0. The lowest BCUT2D eigenvalue weighted by atomic mass is 9.99. The molecule has 2 fully saturated rings. The maximum atomic E-state index is 12.7. The van der Waals surface area contributed by atoms with Gasteiger partial charge in [-0.05, 0) is 13.8 Å². The van der Waals surface area contributed by atoms with Crippen LogP contribution in [-0.2, 0) is 9.59 Å².